The number of ether oxygens (including phenoxy) is 2. The van der Waals surface area contributed by atoms with E-state index in [1.807, 2.05) is 37.3 Å². The first-order valence-electron chi connectivity index (χ1n) is 5.82. The fourth-order valence-electron chi connectivity index (χ4n) is 1.51. The predicted molar refractivity (Wildman–Crippen MR) is 70.1 cm³/mol. The van der Waals surface area contributed by atoms with Crippen LogP contribution in [-0.4, -0.2) is 24.8 Å². The Kier molecular flexibility index (Phi) is 5.77. The van der Waals surface area contributed by atoms with Gasteiger partial charge in [-0.2, -0.15) is 0 Å². The second kappa shape index (κ2) is 7.37. The number of methoxy groups -OCH3 is 1. The molecule has 1 aromatic carbocycles. The fraction of sp³-hybridized carbons (Fsp3) is 0.357. The molecule has 4 nitrogen and oxygen atoms in total. The minimum absolute atomic E-state index is 0.110. The second-order valence-electron chi connectivity index (χ2n) is 3.76. The van der Waals surface area contributed by atoms with Crippen molar-refractivity contribution in [1.29, 1.82) is 0 Å². The zero-order valence-electron chi connectivity index (χ0n) is 10.7. The normalized spacial score (nSPS) is 10.6. The molecule has 18 heavy (non-hydrogen) atoms. The van der Waals surface area contributed by atoms with Crippen LogP contribution in [0.2, 0.25) is 0 Å². The van der Waals surface area contributed by atoms with E-state index in [0.29, 0.717) is 24.5 Å². The average molecular weight is 250 g/mol. The van der Waals surface area contributed by atoms with Gasteiger partial charge < -0.3 is 14.6 Å². The SMILES string of the molecule is C/C=C/c1ccc(OCCCC(=O)O)c(OC)c1. The van der Waals surface area contributed by atoms with Gasteiger partial charge in [0.2, 0.25) is 0 Å². The molecule has 4 heteroatoms. The van der Waals surface area contributed by atoms with E-state index >= 15 is 0 Å². The maximum absolute atomic E-state index is 10.4. The molecule has 98 valence electrons. The van der Waals surface area contributed by atoms with Crippen molar-refractivity contribution in [2.75, 3.05) is 13.7 Å². The molecule has 0 fully saturated rings. The Hall–Kier alpha value is -1.97. The summed E-state index contributed by atoms with van der Waals surface area (Å²) < 4.78 is 10.7. The highest BCUT2D eigenvalue weighted by molar-refractivity contribution is 5.66. The number of carbonyl (C=O) groups is 1. The maximum atomic E-state index is 10.4. The molecule has 0 spiro atoms. The highest BCUT2D eigenvalue weighted by atomic mass is 16.5. The highest BCUT2D eigenvalue weighted by Gasteiger charge is 2.05. The molecule has 0 amide bonds. The van der Waals surface area contributed by atoms with Crippen molar-refractivity contribution in [3.63, 3.8) is 0 Å². The van der Waals surface area contributed by atoms with Crippen molar-refractivity contribution in [3.8, 4) is 11.5 Å². The summed E-state index contributed by atoms with van der Waals surface area (Å²) in [6, 6.07) is 5.64. The quantitative estimate of drug-likeness (QED) is 0.756. The first kappa shape index (κ1) is 14.1. The van der Waals surface area contributed by atoms with E-state index in [2.05, 4.69) is 0 Å². The Labute approximate surface area is 107 Å². The molecule has 0 heterocycles. The van der Waals surface area contributed by atoms with Crippen LogP contribution in [0.15, 0.2) is 24.3 Å². The molecule has 0 saturated heterocycles. The van der Waals surface area contributed by atoms with Gasteiger partial charge in [-0.1, -0.05) is 18.2 Å². The number of benzene rings is 1. The smallest absolute Gasteiger partial charge is 0.303 e. The Morgan fingerprint density at radius 3 is 2.78 bits per heavy atom. The van der Waals surface area contributed by atoms with Gasteiger partial charge in [-0.15, -0.1) is 0 Å². The molecule has 0 saturated carbocycles. The van der Waals surface area contributed by atoms with Crippen LogP contribution in [0, 0.1) is 0 Å². The maximum Gasteiger partial charge on any atom is 0.303 e. The third-order valence-electron chi connectivity index (χ3n) is 2.34. The Morgan fingerprint density at radius 2 is 2.17 bits per heavy atom. The molecule has 1 aromatic rings. The number of hydrogen-bond donors (Lipinski definition) is 1. The van der Waals surface area contributed by atoms with Crippen LogP contribution in [0.5, 0.6) is 11.5 Å². The van der Waals surface area contributed by atoms with Crippen LogP contribution in [0.25, 0.3) is 6.08 Å². The zero-order valence-corrected chi connectivity index (χ0v) is 10.7. The highest BCUT2D eigenvalue weighted by Crippen LogP contribution is 2.28. The Morgan fingerprint density at radius 1 is 1.39 bits per heavy atom. The summed E-state index contributed by atoms with van der Waals surface area (Å²) in [6.07, 6.45) is 4.51. The van der Waals surface area contributed by atoms with Gasteiger partial charge in [0.1, 0.15) is 0 Å². The van der Waals surface area contributed by atoms with Gasteiger partial charge in [-0.05, 0) is 31.0 Å². The molecule has 0 atom stereocenters. The summed E-state index contributed by atoms with van der Waals surface area (Å²) in [6.45, 7) is 2.31. The van der Waals surface area contributed by atoms with Crippen LogP contribution < -0.4 is 9.47 Å². The number of allylic oxidation sites excluding steroid dienone is 1. The molecule has 0 aliphatic carbocycles. The van der Waals surface area contributed by atoms with E-state index in [1.165, 1.54) is 0 Å². The Balaban J connectivity index is 2.62. The first-order valence-corrected chi connectivity index (χ1v) is 5.82. The minimum atomic E-state index is -0.811. The lowest BCUT2D eigenvalue weighted by atomic mass is 10.2. The standard InChI is InChI=1S/C14H18O4/c1-3-5-11-7-8-12(13(10-11)17-2)18-9-4-6-14(15)16/h3,5,7-8,10H,4,6,9H2,1-2H3,(H,15,16)/b5-3+. The number of hydrogen-bond acceptors (Lipinski definition) is 3. The van der Waals surface area contributed by atoms with Crippen LogP contribution >= 0.6 is 0 Å². The minimum Gasteiger partial charge on any atom is -0.493 e. The van der Waals surface area contributed by atoms with Gasteiger partial charge in [0.05, 0.1) is 13.7 Å². The van der Waals surface area contributed by atoms with E-state index < -0.39 is 5.97 Å². The number of aliphatic carboxylic acids is 1. The monoisotopic (exact) mass is 250 g/mol. The van der Waals surface area contributed by atoms with Crippen LogP contribution in [-0.2, 0) is 4.79 Å². The van der Waals surface area contributed by atoms with E-state index in [4.69, 9.17) is 14.6 Å². The molecule has 1 rings (SSSR count). The first-order chi connectivity index (χ1) is 8.67. The van der Waals surface area contributed by atoms with Crippen molar-refractivity contribution >= 4 is 12.0 Å². The summed E-state index contributed by atoms with van der Waals surface area (Å²) in [5, 5.41) is 8.52. The van der Waals surface area contributed by atoms with E-state index in [0.717, 1.165) is 5.56 Å². The van der Waals surface area contributed by atoms with Crippen molar-refractivity contribution in [2.24, 2.45) is 0 Å². The third-order valence-corrected chi connectivity index (χ3v) is 2.34. The van der Waals surface area contributed by atoms with Gasteiger partial charge in [-0.25, -0.2) is 0 Å². The molecule has 0 radical (unpaired) electrons. The lowest BCUT2D eigenvalue weighted by molar-refractivity contribution is -0.137. The van der Waals surface area contributed by atoms with Crippen molar-refractivity contribution in [2.45, 2.75) is 19.8 Å². The molecular formula is C14H18O4. The van der Waals surface area contributed by atoms with Gasteiger partial charge >= 0.3 is 5.97 Å². The lowest BCUT2D eigenvalue weighted by Gasteiger charge is -2.10. The number of rotatable bonds is 7. The second-order valence-corrected chi connectivity index (χ2v) is 3.76. The molecule has 0 aliphatic heterocycles. The number of carboxylic acid groups (broad SMARTS) is 1. The van der Waals surface area contributed by atoms with E-state index in [-0.39, 0.29) is 6.42 Å². The van der Waals surface area contributed by atoms with Gasteiger partial charge in [-0.3, -0.25) is 4.79 Å². The van der Waals surface area contributed by atoms with Crippen molar-refractivity contribution < 1.29 is 19.4 Å². The molecule has 1 N–H and O–H groups in total. The molecule has 0 aromatic heterocycles. The summed E-state index contributed by atoms with van der Waals surface area (Å²) >= 11 is 0. The van der Waals surface area contributed by atoms with E-state index in [1.54, 1.807) is 7.11 Å². The molecule has 0 unspecified atom stereocenters. The fourth-order valence-corrected chi connectivity index (χ4v) is 1.51. The summed E-state index contributed by atoms with van der Waals surface area (Å²) in [5.41, 5.74) is 1.03. The van der Waals surface area contributed by atoms with Gasteiger partial charge in [0, 0.05) is 6.42 Å². The summed E-state index contributed by atoms with van der Waals surface area (Å²) in [5.74, 6) is 0.478. The predicted octanol–water partition coefficient (Wildman–Crippen LogP) is 2.97. The zero-order chi connectivity index (χ0) is 13.4. The van der Waals surface area contributed by atoms with E-state index in [9.17, 15) is 4.79 Å². The van der Waals surface area contributed by atoms with Crippen molar-refractivity contribution in [1.82, 2.24) is 0 Å². The molecule has 0 aliphatic rings. The lowest BCUT2D eigenvalue weighted by Crippen LogP contribution is -2.03. The van der Waals surface area contributed by atoms with Crippen molar-refractivity contribution in [3.05, 3.63) is 29.8 Å². The Bertz CT molecular complexity index is 424. The van der Waals surface area contributed by atoms with Crippen LogP contribution in [0.4, 0.5) is 0 Å². The van der Waals surface area contributed by atoms with Gasteiger partial charge in [0.15, 0.2) is 11.5 Å². The molecular weight excluding hydrogens is 232 g/mol. The van der Waals surface area contributed by atoms with Crippen LogP contribution in [0.3, 0.4) is 0 Å². The number of carboxylic acids is 1. The van der Waals surface area contributed by atoms with Gasteiger partial charge in [0.25, 0.3) is 0 Å². The molecule has 0 bridgehead atoms. The topological polar surface area (TPSA) is 55.8 Å². The summed E-state index contributed by atoms with van der Waals surface area (Å²) in [7, 11) is 1.58. The van der Waals surface area contributed by atoms with Crippen LogP contribution in [0.1, 0.15) is 25.3 Å². The largest absolute Gasteiger partial charge is 0.493 e. The average Bonchev–Trinajstić information content (AvgIpc) is 2.35. The third kappa shape index (κ3) is 4.49. The summed E-state index contributed by atoms with van der Waals surface area (Å²) in [4.78, 5) is 10.4.